The zero-order chi connectivity index (χ0) is 15.7. The molecule has 0 amide bonds. The monoisotopic (exact) mass is 284 g/mol. The number of aromatic carboxylic acids is 1. The molecule has 0 aliphatic rings. The van der Waals surface area contributed by atoms with E-state index in [0.29, 0.717) is 5.56 Å². The molecule has 1 atom stereocenters. The van der Waals surface area contributed by atoms with Crippen molar-refractivity contribution in [2.45, 2.75) is 33.8 Å². The molecule has 2 rings (SSSR count). The molecule has 0 aliphatic heterocycles. The van der Waals surface area contributed by atoms with Gasteiger partial charge in [0.15, 0.2) is 0 Å². The van der Waals surface area contributed by atoms with Crippen molar-refractivity contribution in [3.63, 3.8) is 0 Å². The van der Waals surface area contributed by atoms with Crippen LogP contribution in [-0.4, -0.2) is 16.2 Å². The molecule has 3 heteroatoms. The summed E-state index contributed by atoms with van der Waals surface area (Å²) >= 11 is 0. The normalized spacial score (nSPS) is 12.2. The second-order valence-electron chi connectivity index (χ2n) is 5.47. The molecule has 0 radical (unpaired) electrons. The molecule has 2 N–H and O–H groups in total. The summed E-state index contributed by atoms with van der Waals surface area (Å²) < 4.78 is 0. The SMILES string of the molecule is Cc1cc(C)c(C)c(C(O)c2ccccc2C(=O)O)c1C. The van der Waals surface area contributed by atoms with Gasteiger partial charge >= 0.3 is 5.97 Å². The fraction of sp³-hybridized carbons (Fsp3) is 0.278. The Labute approximate surface area is 124 Å². The molecule has 0 heterocycles. The molecule has 0 saturated heterocycles. The van der Waals surface area contributed by atoms with E-state index in [-0.39, 0.29) is 5.56 Å². The summed E-state index contributed by atoms with van der Waals surface area (Å²) in [6.07, 6.45) is -0.934. The van der Waals surface area contributed by atoms with Gasteiger partial charge in [0.25, 0.3) is 0 Å². The van der Waals surface area contributed by atoms with Gasteiger partial charge in [-0.25, -0.2) is 4.79 Å². The highest BCUT2D eigenvalue weighted by molar-refractivity contribution is 5.89. The van der Waals surface area contributed by atoms with Crippen LogP contribution in [0.25, 0.3) is 0 Å². The molecule has 3 nitrogen and oxygen atoms in total. The molecule has 1 unspecified atom stereocenters. The minimum Gasteiger partial charge on any atom is -0.478 e. The highest BCUT2D eigenvalue weighted by Crippen LogP contribution is 2.32. The maximum atomic E-state index is 11.4. The minimum atomic E-state index is -1.02. The maximum Gasteiger partial charge on any atom is 0.336 e. The lowest BCUT2D eigenvalue weighted by molar-refractivity contribution is 0.0691. The average molecular weight is 284 g/mol. The Hall–Kier alpha value is -2.13. The number of aryl methyl sites for hydroxylation is 2. The molecule has 0 saturated carbocycles. The van der Waals surface area contributed by atoms with Crippen LogP contribution in [0.3, 0.4) is 0 Å². The summed E-state index contributed by atoms with van der Waals surface area (Å²) in [5.74, 6) is -1.02. The van der Waals surface area contributed by atoms with E-state index < -0.39 is 12.1 Å². The predicted molar refractivity (Wildman–Crippen MR) is 82.9 cm³/mol. The first-order chi connectivity index (χ1) is 9.84. The average Bonchev–Trinajstić information content (AvgIpc) is 2.45. The highest BCUT2D eigenvalue weighted by Gasteiger charge is 2.22. The Balaban J connectivity index is 2.66. The number of carboxylic acids is 1. The third-order valence-electron chi connectivity index (χ3n) is 4.18. The van der Waals surface area contributed by atoms with E-state index in [1.54, 1.807) is 18.2 Å². The molecule has 2 aromatic carbocycles. The van der Waals surface area contributed by atoms with Gasteiger partial charge in [-0.15, -0.1) is 0 Å². The van der Waals surface area contributed by atoms with Crippen LogP contribution in [0.2, 0.25) is 0 Å². The van der Waals surface area contributed by atoms with Crippen molar-refractivity contribution in [3.8, 4) is 0 Å². The van der Waals surface area contributed by atoms with Crippen LogP contribution in [0, 0.1) is 27.7 Å². The Morgan fingerprint density at radius 1 is 1.00 bits per heavy atom. The van der Waals surface area contributed by atoms with E-state index >= 15 is 0 Å². The summed E-state index contributed by atoms with van der Waals surface area (Å²) in [6.45, 7) is 7.93. The molecule has 21 heavy (non-hydrogen) atoms. The maximum absolute atomic E-state index is 11.4. The molecule has 0 aromatic heterocycles. The second-order valence-corrected chi connectivity index (χ2v) is 5.47. The number of hydrogen-bond donors (Lipinski definition) is 2. The molecule has 110 valence electrons. The number of benzene rings is 2. The van der Waals surface area contributed by atoms with Gasteiger partial charge in [-0.05, 0) is 67.1 Å². The fourth-order valence-corrected chi connectivity index (χ4v) is 2.74. The zero-order valence-corrected chi connectivity index (χ0v) is 12.8. The lowest BCUT2D eigenvalue weighted by Gasteiger charge is -2.21. The van der Waals surface area contributed by atoms with Gasteiger partial charge in [0.2, 0.25) is 0 Å². The third kappa shape index (κ3) is 2.69. The van der Waals surface area contributed by atoms with Crippen molar-refractivity contribution in [1.29, 1.82) is 0 Å². The summed E-state index contributed by atoms with van der Waals surface area (Å²) in [7, 11) is 0. The van der Waals surface area contributed by atoms with Crippen LogP contribution in [0.4, 0.5) is 0 Å². The number of carboxylic acid groups (broad SMARTS) is 1. The minimum absolute atomic E-state index is 0.142. The fourth-order valence-electron chi connectivity index (χ4n) is 2.74. The lowest BCUT2D eigenvalue weighted by atomic mass is 9.87. The number of hydrogen-bond acceptors (Lipinski definition) is 2. The van der Waals surface area contributed by atoms with Gasteiger partial charge in [0.1, 0.15) is 6.10 Å². The summed E-state index contributed by atoms with van der Waals surface area (Å²) in [5.41, 5.74) is 5.59. The first kappa shape index (κ1) is 15.3. The topological polar surface area (TPSA) is 57.5 Å². The number of aliphatic hydroxyl groups is 1. The largest absolute Gasteiger partial charge is 0.478 e. The predicted octanol–water partition coefficient (Wildman–Crippen LogP) is 3.70. The van der Waals surface area contributed by atoms with Gasteiger partial charge in [0.05, 0.1) is 5.56 Å². The summed E-state index contributed by atoms with van der Waals surface area (Å²) in [6, 6.07) is 8.70. The van der Waals surface area contributed by atoms with Crippen molar-refractivity contribution in [2.75, 3.05) is 0 Å². The van der Waals surface area contributed by atoms with Crippen molar-refractivity contribution < 1.29 is 15.0 Å². The zero-order valence-electron chi connectivity index (χ0n) is 12.8. The van der Waals surface area contributed by atoms with Crippen LogP contribution >= 0.6 is 0 Å². The van der Waals surface area contributed by atoms with Crippen molar-refractivity contribution >= 4 is 5.97 Å². The molecule has 0 fully saturated rings. The molecular formula is C18H20O3. The number of aliphatic hydroxyl groups excluding tert-OH is 1. The van der Waals surface area contributed by atoms with Gasteiger partial charge in [-0.2, -0.15) is 0 Å². The standard InChI is InChI=1S/C18H20O3/c1-10-9-11(2)13(4)16(12(10)3)17(19)14-7-5-6-8-15(14)18(20)21/h5-9,17,19H,1-4H3,(H,20,21). The van der Waals surface area contributed by atoms with Gasteiger partial charge in [0, 0.05) is 0 Å². The van der Waals surface area contributed by atoms with E-state index in [9.17, 15) is 15.0 Å². The first-order valence-electron chi connectivity index (χ1n) is 6.92. The van der Waals surface area contributed by atoms with E-state index in [2.05, 4.69) is 6.07 Å². The highest BCUT2D eigenvalue weighted by atomic mass is 16.4. The second kappa shape index (κ2) is 5.70. The third-order valence-corrected chi connectivity index (χ3v) is 4.18. The quantitative estimate of drug-likeness (QED) is 0.903. The van der Waals surface area contributed by atoms with Crippen LogP contribution in [-0.2, 0) is 0 Å². The van der Waals surface area contributed by atoms with Crippen LogP contribution in [0.5, 0.6) is 0 Å². The van der Waals surface area contributed by atoms with E-state index in [1.165, 1.54) is 6.07 Å². The van der Waals surface area contributed by atoms with E-state index in [0.717, 1.165) is 27.8 Å². The first-order valence-corrected chi connectivity index (χ1v) is 6.92. The van der Waals surface area contributed by atoms with Crippen LogP contribution in [0.1, 0.15) is 49.8 Å². The Morgan fingerprint density at radius 3 is 2.05 bits per heavy atom. The van der Waals surface area contributed by atoms with Crippen molar-refractivity contribution in [2.24, 2.45) is 0 Å². The van der Waals surface area contributed by atoms with E-state index in [4.69, 9.17) is 0 Å². The molecule has 2 aromatic rings. The summed E-state index contributed by atoms with van der Waals surface area (Å²) in [4.78, 5) is 11.4. The molecule has 0 aliphatic carbocycles. The molecular weight excluding hydrogens is 264 g/mol. The molecule has 0 bridgehead atoms. The van der Waals surface area contributed by atoms with E-state index in [1.807, 2.05) is 27.7 Å². The van der Waals surface area contributed by atoms with Crippen LogP contribution in [0.15, 0.2) is 30.3 Å². The number of carbonyl (C=O) groups is 1. The summed E-state index contributed by atoms with van der Waals surface area (Å²) in [5, 5.41) is 20.1. The van der Waals surface area contributed by atoms with Crippen LogP contribution < -0.4 is 0 Å². The Bertz CT molecular complexity index is 676. The Morgan fingerprint density at radius 2 is 1.52 bits per heavy atom. The smallest absolute Gasteiger partial charge is 0.336 e. The van der Waals surface area contributed by atoms with Crippen molar-refractivity contribution in [1.82, 2.24) is 0 Å². The Kier molecular flexibility index (Phi) is 4.14. The molecule has 0 spiro atoms. The van der Waals surface area contributed by atoms with Gasteiger partial charge < -0.3 is 10.2 Å². The lowest BCUT2D eigenvalue weighted by Crippen LogP contribution is -2.12. The number of rotatable bonds is 3. The van der Waals surface area contributed by atoms with Gasteiger partial charge in [-0.1, -0.05) is 24.3 Å². The van der Waals surface area contributed by atoms with Gasteiger partial charge in [-0.3, -0.25) is 0 Å². The van der Waals surface area contributed by atoms with Crippen molar-refractivity contribution in [3.05, 3.63) is 69.3 Å².